The number of anilines is 1. The van der Waals surface area contributed by atoms with Crippen LogP contribution in [-0.4, -0.2) is 43.4 Å². The number of carbonyl (C=O) groups excluding carboxylic acids is 1. The van der Waals surface area contributed by atoms with Gasteiger partial charge in [0.2, 0.25) is 11.1 Å². The average Bonchev–Trinajstić information content (AvgIpc) is 3.33. The SMILES string of the molecule is CCN(C(=O)CSc1nnnn1-c1cccc(C)c1)c1nc2ccccc2s1. The number of benzene rings is 2. The first-order valence-electron chi connectivity index (χ1n) is 8.80. The molecule has 7 nitrogen and oxygen atoms in total. The number of rotatable bonds is 6. The smallest absolute Gasteiger partial charge is 0.239 e. The molecule has 0 radical (unpaired) electrons. The third-order valence-corrected chi connectivity index (χ3v) is 6.11. The fraction of sp³-hybridized carbons (Fsp3) is 0.211. The Bertz CT molecular complexity index is 1090. The zero-order valence-corrected chi connectivity index (χ0v) is 17.1. The van der Waals surface area contributed by atoms with Crippen molar-refractivity contribution < 1.29 is 4.79 Å². The molecule has 0 N–H and O–H groups in total. The van der Waals surface area contributed by atoms with E-state index in [0.717, 1.165) is 21.5 Å². The molecule has 0 atom stereocenters. The van der Waals surface area contributed by atoms with E-state index < -0.39 is 0 Å². The molecule has 0 aliphatic carbocycles. The standard InChI is InChI=1S/C19H18N6OS2/c1-3-24(18-20-15-9-4-5-10-16(15)28-18)17(26)12-27-19-21-22-23-25(19)14-8-6-7-13(2)11-14/h4-11H,3,12H2,1-2H3. The fourth-order valence-electron chi connectivity index (χ4n) is 2.79. The predicted molar refractivity (Wildman–Crippen MR) is 112 cm³/mol. The summed E-state index contributed by atoms with van der Waals surface area (Å²) >= 11 is 2.84. The Morgan fingerprint density at radius 1 is 1.21 bits per heavy atom. The summed E-state index contributed by atoms with van der Waals surface area (Å²) in [6.07, 6.45) is 0. The van der Waals surface area contributed by atoms with Crippen molar-refractivity contribution in [2.75, 3.05) is 17.2 Å². The Kier molecular flexibility index (Phi) is 5.36. The van der Waals surface area contributed by atoms with Crippen LogP contribution in [0.25, 0.3) is 15.9 Å². The van der Waals surface area contributed by atoms with Gasteiger partial charge in [-0.1, -0.05) is 47.4 Å². The maximum atomic E-state index is 12.8. The molecule has 9 heteroatoms. The minimum atomic E-state index is -0.0228. The van der Waals surface area contributed by atoms with E-state index in [9.17, 15) is 4.79 Å². The number of tetrazole rings is 1. The highest BCUT2D eigenvalue weighted by atomic mass is 32.2. The molecule has 4 rings (SSSR count). The van der Waals surface area contributed by atoms with Crippen LogP contribution in [0.1, 0.15) is 12.5 Å². The number of para-hydroxylation sites is 1. The Labute approximate surface area is 170 Å². The highest BCUT2D eigenvalue weighted by molar-refractivity contribution is 7.99. The van der Waals surface area contributed by atoms with E-state index in [1.54, 1.807) is 9.58 Å². The van der Waals surface area contributed by atoms with E-state index in [1.165, 1.54) is 23.1 Å². The van der Waals surface area contributed by atoms with E-state index in [-0.39, 0.29) is 11.7 Å². The minimum absolute atomic E-state index is 0.0228. The van der Waals surface area contributed by atoms with E-state index >= 15 is 0 Å². The summed E-state index contributed by atoms with van der Waals surface area (Å²) in [5.74, 6) is 0.209. The summed E-state index contributed by atoms with van der Waals surface area (Å²) in [5, 5.41) is 13.2. The predicted octanol–water partition coefficient (Wildman–Crippen LogP) is 3.73. The monoisotopic (exact) mass is 410 g/mol. The molecular weight excluding hydrogens is 392 g/mol. The molecule has 0 fully saturated rings. The molecule has 0 unspecified atom stereocenters. The molecule has 0 aliphatic rings. The van der Waals surface area contributed by atoms with Crippen molar-refractivity contribution in [1.29, 1.82) is 0 Å². The second-order valence-corrected chi connectivity index (χ2v) is 8.05. The van der Waals surface area contributed by atoms with E-state index in [1.807, 2.05) is 62.4 Å². The number of aryl methyl sites for hydroxylation is 1. The molecular formula is C19H18N6OS2. The first kappa shape index (κ1) is 18.6. The summed E-state index contributed by atoms with van der Waals surface area (Å²) in [5.41, 5.74) is 2.90. The van der Waals surface area contributed by atoms with Crippen LogP contribution in [0, 0.1) is 6.92 Å². The number of thiazole rings is 1. The van der Waals surface area contributed by atoms with E-state index in [0.29, 0.717) is 16.8 Å². The highest BCUT2D eigenvalue weighted by Crippen LogP contribution is 2.29. The largest absolute Gasteiger partial charge is 0.288 e. The van der Waals surface area contributed by atoms with Crippen LogP contribution in [0.4, 0.5) is 5.13 Å². The topological polar surface area (TPSA) is 76.8 Å². The molecule has 2 aromatic heterocycles. The molecule has 2 heterocycles. The number of hydrogen-bond acceptors (Lipinski definition) is 7. The van der Waals surface area contributed by atoms with Gasteiger partial charge in [-0.05, 0) is 54.1 Å². The normalized spacial score (nSPS) is 11.1. The van der Waals surface area contributed by atoms with Crippen LogP contribution in [0.15, 0.2) is 53.7 Å². The summed E-state index contributed by atoms with van der Waals surface area (Å²) in [7, 11) is 0. The van der Waals surface area contributed by atoms with Crippen LogP contribution in [0.3, 0.4) is 0 Å². The number of thioether (sulfide) groups is 1. The number of aromatic nitrogens is 5. The number of amides is 1. The van der Waals surface area contributed by atoms with Gasteiger partial charge in [0.25, 0.3) is 0 Å². The third-order valence-electron chi connectivity index (χ3n) is 4.14. The molecule has 0 aliphatic heterocycles. The van der Waals surface area contributed by atoms with Crippen LogP contribution in [0.2, 0.25) is 0 Å². The average molecular weight is 411 g/mol. The van der Waals surface area contributed by atoms with Crippen LogP contribution < -0.4 is 4.90 Å². The molecule has 0 bridgehead atoms. The Balaban J connectivity index is 1.50. The van der Waals surface area contributed by atoms with Gasteiger partial charge >= 0.3 is 0 Å². The Morgan fingerprint density at radius 3 is 2.86 bits per heavy atom. The molecule has 2 aromatic carbocycles. The number of nitrogens with zero attached hydrogens (tertiary/aromatic N) is 6. The molecule has 4 aromatic rings. The lowest BCUT2D eigenvalue weighted by Gasteiger charge is -2.17. The third kappa shape index (κ3) is 3.76. The van der Waals surface area contributed by atoms with Gasteiger partial charge in [0.1, 0.15) is 0 Å². The van der Waals surface area contributed by atoms with Crippen LogP contribution >= 0.6 is 23.1 Å². The van der Waals surface area contributed by atoms with Gasteiger partial charge in [-0.3, -0.25) is 9.69 Å². The lowest BCUT2D eigenvalue weighted by Crippen LogP contribution is -2.32. The molecule has 1 amide bonds. The maximum absolute atomic E-state index is 12.8. The molecule has 0 saturated heterocycles. The van der Waals surface area contributed by atoms with Gasteiger partial charge in [0.15, 0.2) is 5.13 Å². The lowest BCUT2D eigenvalue weighted by atomic mass is 10.2. The van der Waals surface area contributed by atoms with Gasteiger partial charge in [-0.15, -0.1) is 5.10 Å². The molecule has 0 spiro atoms. The van der Waals surface area contributed by atoms with Crippen molar-refractivity contribution >= 4 is 44.4 Å². The summed E-state index contributed by atoms with van der Waals surface area (Å²) < 4.78 is 2.72. The molecule has 0 saturated carbocycles. The Morgan fingerprint density at radius 2 is 2.07 bits per heavy atom. The van der Waals surface area contributed by atoms with Gasteiger partial charge in [-0.2, -0.15) is 4.68 Å². The van der Waals surface area contributed by atoms with Crippen molar-refractivity contribution in [3.8, 4) is 5.69 Å². The lowest BCUT2D eigenvalue weighted by molar-refractivity contribution is -0.116. The van der Waals surface area contributed by atoms with E-state index in [4.69, 9.17) is 0 Å². The van der Waals surface area contributed by atoms with Crippen molar-refractivity contribution in [2.24, 2.45) is 0 Å². The second kappa shape index (κ2) is 8.07. The molecule has 142 valence electrons. The summed E-state index contributed by atoms with van der Waals surface area (Å²) in [6, 6.07) is 15.8. The van der Waals surface area contributed by atoms with Gasteiger partial charge in [0.05, 0.1) is 21.7 Å². The van der Waals surface area contributed by atoms with Crippen molar-refractivity contribution in [1.82, 2.24) is 25.2 Å². The summed E-state index contributed by atoms with van der Waals surface area (Å²) in [4.78, 5) is 19.1. The van der Waals surface area contributed by atoms with Gasteiger partial charge < -0.3 is 0 Å². The first-order valence-corrected chi connectivity index (χ1v) is 10.6. The maximum Gasteiger partial charge on any atom is 0.239 e. The molecule has 28 heavy (non-hydrogen) atoms. The van der Waals surface area contributed by atoms with Crippen molar-refractivity contribution in [2.45, 2.75) is 19.0 Å². The zero-order valence-electron chi connectivity index (χ0n) is 15.4. The summed E-state index contributed by atoms with van der Waals surface area (Å²) in [6.45, 7) is 4.52. The quantitative estimate of drug-likeness (QED) is 0.451. The van der Waals surface area contributed by atoms with Crippen molar-refractivity contribution in [3.05, 3.63) is 54.1 Å². The van der Waals surface area contributed by atoms with Gasteiger partial charge in [0, 0.05) is 6.54 Å². The number of fused-ring (bicyclic) bond motifs is 1. The second-order valence-electron chi connectivity index (χ2n) is 6.10. The highest BCUT2D eigenvalue weighted by Gasteiger charge is 2.20. The zero-order chi connectivity index (χ0) is 19.5. The van der Waals surface area contributed by atoms with E-state index in [2.05, 4.69) is 20.5 Å². The number of hydrogen-bond donors (Lipinski definition) is 0. The first-order chi connectivity index (χ1) is 13.7. The fourth-order valence-corrected chi connectivity index (χ4v) is 4.60. The van der Waals surface area contributed by atoms with Crippen LogP contribution in [0.5, 0.6) is 0 Å². The Hall–Kier alpha value is -2.78. The van der Waals surface area contributed by atoms with Crippen molar-refractivity contribution in [3.63, 3.8) is 0 Å². The number of carbonyl (C=O) groups is 1. The minimum Gasteiger partial charge on any atom is -0.288 e. The van der Waals surface area contributed by atoms with Crippen LogP contribution in [-0.2, 0) is 4.79 Å². The van der Waals surface area contributed by atoms with Gasteiger partial charge in [-0.25, -0.2) is 4.98 Å².